The predicted octanol–water partition coefficient (Wildman–Crippen LogP) is 1.79. The van der Waals surface area contributed by atoms with E-state index in [0.717, 1.165) is 13.1 Å². The van der Waals surface area contributed by atoms with Gasteiger partial charge in [0.25, 0.3) is 0 Å². The lowest BCUT2D eigenvalue weighted by Gasteiger charge is -2.27. The Bertz CT molecular complexity index is 506. The van der Waals surface area contributed by atoms with Crippen LogP contribution in [0.3, 0.4) is 0 Å². The van der Waals surface area contributed by atoms with Gasteiger partial charge in [-0.1, -0.05) is 19.1 Å². The Labute approximate surface area is 129 Å². The fourth-order valence-electron chi connectivity index (χ4n) is 2.12. The van der Waals surface area contributed by atoms with Crippen LogP contribution in [0, 0.1) is 17.7 Å². The van der Waals surface area contributed by atoms with Gasteiger partial charge in [0.15, 0.2) is 5.78 Å². The highest BCUT2D eigenvalue weighted by molar-refractivity contribution is 5.99. The Morgan fingerprint density at radius 1 is 1.43 bits per heavy atom. The van der Waals surface area contributed by atoms with Crippen molar-refractivity contribution in [2.45, 2.75) is 13.3 Å². The van der Waals surface area contributed by atoms with Crippen LogP contribution in [0.25, 0.3) is 0 Å². The molecule has 0 saturated carbocycles. The minimum atomic E-state index is -0.448. The molecule has 0 aromatic heterocycles. The monoisotopic (exact) mass is 314 g/mol. The highest BCUT2D eigenvalue weighted by atomic mass is 35.5. The van der Waals surface area contributed by atoms with E-state index in [0.29, 0.717) is 18.0 Å². The summed E-state index contributed by atoms with van der Waals surface area (Å²) in [4.78, 5) is 23.8. The van der Waals surface area contributed by atoms with Crippen molar-refractivity contribution in [2.75, 3.05) is 19.6 Å². The molecule has 0 spiro atoms. The van der Waals surface area contributed by atoms with Gasteiger partial charge in [0.05, 0.1) is 0 Å². The normalized spacial score (nSPS) is 15.5. The van der Waals surface area contributed by atoms with Crippen LogP contribution in [-0.2, 0) is 4.79 Å². The molecule has 4 nitrogen and oxygen atoms in total. The molecule has 0 radical (unpaired) electrons. The van der Waals surface area contributed by atoms with Crippen LogP contribution in [-0.4, -0.2) is 31.3 Å². The van der Waals surface area contributed by atoms with E-state index in [1.807, 2.05) is 0 Å². The largest absolute Gasteiger partial charge is 0.356 e. The number of benzene rings is 1. The summed E-state index contributed by atoms with van der Waals surface area (Å²) in [5.41, 5.74) is 0.313. The topological polar surface area (TPSA) is 58.2 Å². The summed E-state index contributed by atoms with van der Waals surface area (Å²) in [5.74, 6) is -0.728. The quantitative estimate of drug-likeness (QED) is 0.787. The highest BCUT2D eigenvalue weighted by Crippen LogP contribution is 2.13. The van der Waals surface area contributed by atoms with E-state index in [2.05, 4.69) is 10.6 Å². The SMILES string of the molecule is CC(CC(=O)NCC1CNC1)C(=O)c1cccc(F)c1.Cl. The molecule has 21 heavy (non-hydrogen) atoms. The first kappa shape index (κ1) is 17.6. The molecule has 1 unspecified atom stereocenters. The van der Waals surface area contributed by atoms with Gasteiger partial charge >= 0.3 is 0 Å². The van der Waals surface area contributed by atoms with Gasteiger partial charge in [0, 0.05) is 43.5 Å². The summed E-state index contributed by atoms with van der Waals surface area (Å²) >= 11 is 0. The van der Waals surface area contributed by atoms with Crippen molar-refractivity contribution in [1.82, 2.24) is 10.6 Å². The molecule has 1 amide bonds. The number of nitrogens with one attached hydrogen (secondary N) is 2. The maximum absolute atomic E-state index is 13.1. The molecule has 116 valence electrons. The summed E-state index contributed by atoms with van der Waals surface area (Å²) in [6.07, 6.45) is 0.134. The van der Waals surface area contributed by atoms with E-state index in [1.165, 1.54) is 18.2 Å². The van der Waals surface area contributed by atoms with E-state index in [4.69, 9.17) is 0 Å². The van der Waals surface area contributed by atoms with Gasteiger partial charge in [-0.2, -0.15) is 0 Å². The molecule has 0 aliphatic carbocycles. The van der Waals surface area contributed by atoms with Crippen LogP contribution in [0.4, 0.5) is 4.39 Å². The molecule has 1 aromatic carbocycles. The average molecular weight is 315 g/mol. The number of halogens is 2. The summed E-state index contributed by atoms with van der Waals surface area (Å²) in [6, 6.07) is 5.57. The third-order valence-electron chi connectivity index (χ3n) is 3.50. The van der Waals surface area contributed by atoms with E-state index in [-0.39, 0.29) is 30.5 Å². The van der Waals surface area contributed by atoms with Crippen molar-refractivity contribution < 1.29 is 14.0 Å². The summed E-state index contributed by atoms with van der Waals surface area (Å²) in [7, 11) is 0. The van der Waals surface area contributed by atoms with Crippen molar-refractivity contribution in [3.8, 4) is 0 Å². The minimum absolute atomic E-state index is 0. The molecule has 1 fully saturated rings. The molecule has 6 heteroatoms. The molecule has 1 aromatic rings. The molecule has 2 rings (SSSR count). The third-order valence-corrected chi connectivity index (χ3v) is 3.50. The maximum atomic E-state index is 13.1. The summed E-state index contributed by atoms with van der Waals surface area (Å²) in [6.45, 7) is 4.19. The summed E-state index contributed by atoms with van der Waals surface area (Å²) in [5, 5.41) is 5.96. The van der Waals surface area contributed by atoms with E-state index in [1.54, 1.807) is 13.0 Å². The minimum Gasteiger partial charge on any atom is -0.356 e. The second kappa shape index (κ2) is 8.10. The standard InChI is InChI=1S/C15H19FN2O2.ClH/c1-10(5-14(19)18-9-11-7-17-8-11)15(20)12-3-2-4-13(16)6-12;/h2-4,6,10-11,17H,5,7-9H2,1H3,(H,18,19);1H. The van der Waals surface area contributed by atoms with Gasteiger partial charge in [-0.25, -0.2) is 4.39 Å². The van der Waals surface area contributed by atoms with E-state index < -0.39 is 11.7 Å². The Morgan fingerprint density at radius 2 is 2.14 bits per heavy atom. The van der Waals surface area contributed by atoms with Crippen LogP contribution < -0.4 is 10.6 Å². The zero-order valence-electron chi connectivity index (χ0n) is 11.9. The van der Waals surface area contributed by atoms with Crippen molar-refractivity contribution in [1.29, 1.82) is 0 Å². The second-order valence-corrected chi connectivity index (χ2v) is 5.31. The fourth-order valence-corrected chi connectivity index (χ4v) is 2.12. The number of rotatable bonds is 6. The number of carbonyl (C=O) groups excluding carboxylic acids is 2. The van der Waals surface area contributed by atoms with Crippen LogP contribution in [0.2, 0.25) is 0 Å². The van der Waals surface area contributed by atoms with Crippen LogP contribution in [0.15, 0.2) is 24.3 Å². The zero-order chi connectivity index (χ0) is 14.5. The number of carbonyl (C=O) groups is 2. The lowest BCUT2D eigenvalue weighted by atomic mass is 9.96. The van der Waals surface area contributed by atoms with Crippen molar-refractivity contribution in [3.05, 3.63) is 35.6 Å². The van der Waals surface area contributed by atoms with Gasteiger partial charge in [-0.05, 0) is 12.1 Å². The first-order chi connectivity index (χ1) is 9.56. The molecular formula is C15H20ClFN2O2. The number of ketones is 1. The fraction of sp³-hybridized carbons (Fsp3) is 0.467. The van der Waals surface area contributed by atoms with Crippen molar-refractivity contribution in [3.63, 3.8) is 0 Å². The van der Waals surface area contributed by atoms with Gasteiger partial charge in [-0.15, -0.1) is 12.4 Å². The van der Waals surface area contributed by atoms with Crippen molar-refractivity contribution >= 4 is 24.1 Å². The molecule has 2 N–H and O–H groups in total. The van der Waals surface area contributed by atoms with Crippen LogP contribution >= 0.6 is 12.4 Å². The first-order valence-electron chi connectivity index (χ1n) is 6.83. The smallest absolute Gasteiger partial charge is 0.220 e. The number of hydrogen-bond donors (Lipinski definition) is 2. The second-order valence-electron chi connectivity index (χ2n) is 5.31. The Kier molecular flexibility index (Phi) is 6.78. The van der Waals surface area contributed by atoms with Crippen molar-refractivity contribution in [2.24, 2.45) is 11.8 Å². The predicted molar refractivity (Wildman–Crippen MR) is 81.1 cm³/mol. The molecule has 1 aliphatic heterocycles. The molecule has 1 heterocycles. The molecule has 0 bridgehead atoms. The summed E-state index contributed by atoms with van der Waals surface area (Å²) < 4.78 is 13.1. The molecule has 1 atom stereocenters. The number of amides is 1. The molecule has 1 saturated heterocycles. The Hall–Kier alpha value is -1.46. The lowest BCUT2D eigenvalue weighted by molar-refractivity contribution is -0.121. The van der Waals surface area contributed by atoms with Gasteiger partial charge in [-0.3, -0.25) is 9.59 Å². The van der Waals surface area contributed by atoms with E-state index >= 15 is 0 Å². The number of Topliss-reactive ketones (excluding diaryl/α,β-unsaturated/α-hetero) is 1. The van der Waals surface area contributed by atoms with Crippen LogP contribution in [0.5, 0.6) is 0 Å². The average Bonchev–Trinajstić information content (AvgIpc) is 2.35. The molecule has 1 aliphatic rings. The van der Waals surface area contributed by atoms with Crippen LogP contribution in [0.1, 0.15) is 23.7 Å². The van der Waals surface area contributed by atoms with Gasteiger partial charge in [0.2, 0.25) is 5.91 Å². The first-order valence-corrected chi connectivity index (χ1v) is 6.83. The van der Waals surface area contributed by atoms with E-state index in [9.17, 15) is 14.0 Å². The molecular weight excluding hydrogens is 295 g/mol. The lowest BCUT2D eigenvalue weighted by Crippen LogP contribution is -2.48. The van der Waals surface area contributed by atoms with Gasteiger partial charge < -0.3 is 10.6 Å². The highest BCUT2D eigenvalue weighted by Gasteiger charge is 2.21. The number of hydrogen-bond acceptors (Lipinski definition) is 3. The maximum Gasteiger partial charge on any atom is 0.220 e. The Morgan fingerprint density at radius 3 is 2.71 bits per heavy atom. The Balaban J connectivity index is 0.00000220. The van der Waals surface area contributed by atoms with Gasteiger partial charge in [0.1, 0.15) is 5.82 Å². The zero-order valence-corrected chi connectivity index (χ0v) is 12.7. The third kappa shape index (κ3) is 5.10.